The molecule has 2 aromatic heterocycles. The Kier molecular flexibility index (Phi) is 3.23. The topological polar surface area (TPSA) is 17.3 Å². The molecule has 0 N–H and O–H groups in total. The van der Waals surface area contributed by atoms with Crippen LogP contribution in [0.25, 0.3) is 4.96 Å². The minimum absolute atomic E-state index is 0.708. The average molecular weight is 273 g/mol. The maximum atomic E-state index is 4.57. The van der Waals surface area contributed by atoms with Gasteiger partial charge in [0.25, 0.3) is 0 Å². The lowest BCUT2D eigenvalue weighted by Gasteiger charge is -2.07. The number of thiazole rings is 1. The van der Waals surface area contributed by atoms with Gasteiger partial charge >= 0.3 is 0 Å². The van der Waals surface area contributed by atoms with Crippen molar-refractivity contribution in [3.8, 4) is 0 Å². The maximum absolute atomic E-state index is 4.57. The molecule has 0 aromatic carbocycles. The van der Waals surface area contributed by atoms with E-state index in [0.29, 0.717) is 5.92 Å². The van der Waals surface area contributed by atoms with E-state index < -0.39 is 0 Å². The van der Waals surface area contributed by atoms with E-state index in [1.807, 2.05) is 0 Å². The minimum atomic E-state index is 0.708. The summed E-state index contributed by atoms with van der Waals surface area (Å²) in [6.07, 6.45) is 6.48. The summed E-state index contributed by atoms with van der Waals surface area (Å²) in [7, 11) is 0. The predicted octanol–water partition coefficient (Wildman–Crippen LogP) is 3.36. The third-order valence-corrected chi connectivity index (χ3v) is 4.12. The lowest BCUT2D eigenvalue weighted by atomic mass is 10.0. The highest BCUT2D eigenvalue weighted by Crippen LogP contribution is 2.17. The maximum Gasteiger partial charge on any atom is 0.193 e. The van der Waals surface area contributed by atoms with E-state index in [1.165, 1.54) is 12.1 Å². The summed E-state index contributed by atoms with van der Waals surface area (Å²) in [6.45, 7) is 2.23. The zero-order valence-corrected chi connectivity index (χ0v) is 10.5. The summed E-state index contributed by atoms with van der Waals surface area (Å²) in [6, 6.07) is 0. The summed E-state index contributed by atoms with van der Waals surface area (Å²) >= 11 is 5.23. The first-order chi connectivity index (χ1) is 6.83. The van der Waals surface area contributed by atoms with Crippen LogP contribution in [0.3, 0.4) is 0 Å². The van der Waals surface area contributed by atoms with Crippen LogP contribution in [0.2, 0.25) is 0 Å². The Morgan fingerprint density at radius 3 is 3.14 bits per heavy atom. The SMILES string of the molecule is CCC(CBr)Cc1cn2ccsc2n1. The first-order valence-electron chi connectivity index (χ1n) is 4.80. The fourth-order valence-corrected chi connectivity index (χ4v) is 2.88. The van der Waals surface area contributed by atoms with Crippen molar-refractivity contribution < 1.29 is 0 Å². The Bertz CT molecular complexity index is 374. The van der Waals surface area contributed by atoms with Gasteiger partial charge in [0.05, 0.1) is 5.69 Å². The van der Waals surface area contributed by atoms with Crippen LogP contribution >= 0.6 is 27.3 Å². The number of halogens is 1. The molecule has 0 amide bonds. The van der Waals surface area contributed by atoms with Crippen LogP contribution < -0.4 is 0 Å². The first kappa shape index (κ1) is 10.2. The Balaban J connectivity index is 2.14. The fraction of sp³-hybridized carbons (Fsp3) is 0.500. The molecule has 0 fully saturated rings. The number of rotatable bonds is 4. The molecule has 2 heterocycles. The molecule has 2 nitrogen and oxygen atoms in total. The van der Waals surface area contributed by atoms with Crippen LogP contribution in [0.15, 0.2) is 17.8 Å². The third-order valence-electron chi connectivity index (χ3n) is 2.44. The van der Waals surface area contributed by atoms with Gasteiger partial charge in [-0.2, -0.15) is 0 Å². The first-order valence-corrected chi connectivity index (χ1v) is 6.80. The van der Waals surface area contributed by atoms with Gasteiger partial charge in [-0.25, -0.2) is 4.98 Å². The van der Waals surface area contributed by atoms with E-state index in [1.54, 1.807) is 11.3 Å². The van der Waals surface area contributed by atoms with E-state index in [4.69, 9.17) is 0 Å². The normalized spacial score (nSPS) is 13.6. The van der Waals surface area contributed by atoms with E-state index in [9.17, 15) is 0 Å². The quantitative estimate of drug-likeness (QED) is 0.781. The molecule has 4 heteroatoms. The van der Waals surface area contributed by atoms with Crippen molar-refractivity contribution in [1.82, 2.24) is 9.38 Å². The van der Waals surface area contributed by atoms with Crippen LogP contribution in [0.1, 0.15) is 19.0 Å². The van der Waals surface area contributed by atoms with Crippen molar-refractivity contribution in [3.05, 3.63) is 23.5 Å². The molecule has 1 atom stereocenters. The van der Waals surface area contributed by atoms with Gasteiger partial charge in [0, 0.05) is 23.1 Å². The Morgan fingerprint density at radius 1 is 1.64 bits per heavy atom. The molecule has 2 rings (SSSR count). The number of fused-ring (bicyclic) bond motifs is 1. The van der Waals surface area contributed by atoms with Crippen molar-refractivity contribution in [2.24, 2.45) is 5.92 Å². The summed E-state index contributed by atoms with van der Waals surface area (Å²) < 4.78 is 2.10. The molecule has 1 unspecified atom stereocenters. The third kappa shape index (κ3) is 2.01. The lowest BCUT2D eigenvalue weighted by molar-refractivity contribution is 0.567. The van der Waals surface area contributed by atoms with Gasteiger partial charge in [0.15, 0.2) is 4.96 Å². The van der Waals surface area contributed by atoms with Gasteiger partial charge < -0.3 is 0 Å². The largest absolute Gasteiger partial charge is 0.297 e. The molecule has 76 valence electrons. The van der Waals surface area contributed by atoms with E-state index >= 15 is 0 Å². The number of aromatic nitrogens is 2. The lowest BCUT2D eigenvalue weighted by Crippen LogP contribution is -2.04. The van der Waals surface area contributed by atoms with Gasteiger partial charge in [-0.15, -0.1) is 11.3 Å². The Morgan fingerprint density at radius 2 is 2.50 bits per heavy atom. The van der Waals surface area contributed by atoms with Crippen molar-refractivity contribution in [1.29, 1.82) is 0 Å². The molecular weight excluding hydrogens is 260 g/mol. The standard InChI is InChI=1S/C10H13BrN2S/c1-2-8(6-11)5-9-7-13-3-4-14-10(13)12-9/h3-4,7-8H,2,5-6H2,1H3. The number of imidazole rings is 1. The Hall–Kier alpha value is -0.350. The van der Waals surface area contributed by atoms with Crippen molar-refractivity contribution >= 4 is 32.2 Å². The van der Waals surface area contributed by atoms with Crippen molar-refractivity contribution in [2.45, 2.75) is 19.8 Å². The molecule has 2 aromatic rings. The molecule has 0 aliphatic carbocycles. The molecule has 14 heavy (non-hydrogen) atoms. The van der Waals surface area contributed by atoms with Crippen LogP contribution in [0, 0.1) is 5.92 Å². The molecule has 0 aliphatic heterocycles. The monoisotopic (exact) mass is 272 g/mol. The number of nitrogens with zero attached hydrogens (tertiary/aromatic N) is 2. The average Bonchev–Trinajstić information content (AvgIpc) is 2.73. The second-order valence-electron chi connectivity index (χ2n) is 3.46. The molecular formula is C10H13BrN2S. The highest BCUT2D eigenvalue weighted by atomic mass is 79.9. The van der Waals surface area contributed by atoms with Crippen LogP contribution in [-0.4, -0.2) is 14.7 Å². The van der Waals surface area contributed by atoms with Crippen molar-refractivity contribution in [2.75, 3.05) is 5.33 Å². The van der Waals surface area contributed by atoms with E-state index in [-0.39, 0.29) is 0 Å². The van der Waals surface area contributed by atoms with Gasteiger partial charge in [0.2, 0.25) is 0 Å². The number of alkyl halides is 1. The number of hydrogen-bond donors (Lipinski definition) is 0. The zero-order chi connectivity index (χ0) is 9.97. The summed E-state index contributed by atoms with van der Waals surface area (Å²) in [5, 5.41) is 3.13. The summed E-state index contributed by atoms with van der Waals surface area (Å²) in [4.78, 5) is 5.67. The molecule has 0 aliphatic rings. The van der Waals surface area contributed by atoms with Gasteiger partial charge in [-0.1, -0.05) is 29.3 Å². The second kappa shape index (κ2) is 4.45. The van der Waals surface area contributed by atoms with E-state index in [0.717, 1.165) is 16.7 Å². The van der Waals surface area contributed by atoms with Crippen molar-refractivity contribution in [3.63, 3.8) is 0 Å². The highest BCUT2D eigenvalue weighted by molar-refractivity contribution is 9.09. The number of hydrogen-bond acceptors (Lipinski definition) is 2. The van der Waals surface area contributed by atoms with Crippen LogP contribution in [0.5, 0.6) is 0 Å². The van der Waals surface area contributed by atoms with Crippen LogP contribution in [-0.2, 0) is 6.42 Å². The minimum Gasteiger partial charge on any atom is -0.297 e. The van der Waals surface area contributed by atoms with Gasteiger partial charge in [-0.3, -0.25) is 4.40 Å². The summed E-state index contributed by atoms with van der Waals surface area (Å²) in [5.41, 5.74) is 1.21. The predicted molar refractivity (Wildman–Crippen MR) is 64.3 cm³/mol. The molecule has 0 saturated carbocycles. The molecule has 0 saturated heterocycles. The fourth-order valence-electron chi connectivity index (χ4n) is 1.48. The Labute approximate surface area is 96.1 Å². The van der Waals surface area contributed by atoms with E-state index in [2.05, 4.69) is 50.0 Å². The molecule has 0 radical (unpaired) electrons. The smallest absolute Gasteiger partial charge is 0.193 e. The van der Waals surface area contributed by atoms with Gasteiger partial charge in [-0.05, 0) is 12.3 Å². The summed E-state index contributed by atoms with van der Waals surface area (Å²) in [5.74, 6) is 0.708. The molecule has 0 bridgehead atoms. The zero-order valence-electron chi connectivity index (χ0n) is 8.11. The van der Waals surface area contributed by atoms with Gasteiger partial charge in [0.1, 0.15) is 0 Å². The highest BCUT2D eigenvalue weighted by Gasteiger charge is 2.09. The van der Waals surface area contributed by atoms with Crippen LogP contribution in [0.4, 0.5) is 0 Å². The second-order valence-corrected chi connectivity index (χ2v) is 4.98. The molecule has 0 spiro atoms.